The highest BCUT2D eigenvalue weighted by molar-refractivity contribution is 9.10. The molecule has 7 heteroatoms. The van der Waals surface area contributed by atoms with Crippen LogP contribution in [-0.2, 0) is 16.4 Å². The van der Waals surface area contributed by atoms with Crippen molar-refractivity contribution in [3.8, 4) is 0 Å². The van der Waals surface area contributed by atoms with Crippen molar-refractivity contribution < 1.29 is 17.6 Å². The lowest BCUT2D eigenvalue weighted by Gasteiger charge is -2.27. The Morgan fingerprint density at radius 1 is 1.25 bits per heavy atom. The van der Waals surface area contributed by atoms with Crippen molar-refractivity contribution in [2.75, 3.05) is 11.5 Å². The van der Waals surface area contributed by atoms with Gasteiger partial charge in [0.1, 0.15) is 5.76 Å². The molecule has 0 unspecified atom stereocenters. The number of carbonyl (C=O) groups is 1. The number of hydrogen-bond acceptors (Lipinski definition) is 4. The van der Waals surface area contributed by atoms with Gasteiger partial charge in [-0.15, -0.1) is 0 Å². The van der Waals surface area contributed by atoms with Gasteiger partial charge in [-0.25, -0.2) is 8.42 Å². The first kappa shape index (κ1) is 17.2. The van der Waals surface area contributed by atoms with Crippen molar-refractivity contribution in [1.29, 1.82) is 0 Å². The van der Waals surface area contributed by atoms with Crippen LogP contribution < -0.4 is 0 Å². The molecule has 1 saturated heterocycles. The van der Waals surface area contributed by atoms with Crippen LogP contribution in [0.15, 0.2) is 45.5 Å². The third kappa shape index (κ3) is 3.89. The van der Waals surface area contributed by atoms with Gasteiger partial charge in [0, 0.05) is 11.6 Å². The first-order valence-electron chi connectivity index (χ1n) is 7.66. The Kier molecular flexibility index (Phi) is 4.83. The molecule has 24 heavy (non-hydrogen) atoms. The minimum Gasteiger partial charge on any atom is -0.452 e. The highest BCUT2D eigenvalue weighted by Gasteiger charge is 2.35. The van der Waals surface area contributed by atoms with Crippen LogP contribution in [0.25, 0.3) is 0 Å². The van der Waals surface area contributed by atoms with Crippen molar-refractivity contribution in [2.45, 2.75) is 25.9 Å². The number of halogens is 1. The summed E-state index contributed by atoms with van der Waals surface area (Å²) >= 11 is 3.25. The maximum absolute atomic E-state index is 12.9. The number of carbonyl (C=O) groups excluding carboxylic acids is 1. The highest BCUT2D eigenvalue weighted by Crippen LogP contribution is 2.24. The number of benzene rings is 1. The number of hydrogen-bond donors (Lipinski definition) is 0. The highest BCUT2D eigenvalue weighted by atomic mass is 79.9. The summed E-state index contributed by atoms with van der Waals surface area (Å²) in [7, 11) is -3.08. The zero-order valence-electron chi connectivity index (χ0n) is 13.2. The molecule has 2 aromatic rings. The van der Waals surface area contributed by atoms with Gasteiger partial charge >= 0.3 is 0 Å². The Balaban J connectivity index is 1.88. The van der Waals surface area contributed by atoms with Crippen molar-refractivity contribution >= 4 is 31.7 Å². The third-order valence-corrected chi connectivity index (χ3v) is 6.34. The molecule has 1 aliphatic heterocycles. The molecule has 1 aliphatic rings. The van der Waals surface area contributed by atoms with Crippen LogP contribution >= 0.6 is 15.9 Å². The zero-order valence-corrected chi connectivity index (χ0v) is 15.6. The second kappa shape index (κ2) is 6.72. The molecule has 3 rings (SSSR count). The van der Waals surface area contributed by atoms with Crippen molar-refractivity contribution in [2.24, 2.45) is 0 Å². The fourth-order valence-electron chi connectivity index (χ4n) is 2.85. The smallest absolute Gasteiger partial charge is 0.254 e. The van der Waals surface area contributed by atoms with E-state index in [1.54, 1.807) is 29.2 Å². The summed E-state index contributed by atoms with van der Waals surface area (Å²) in [4.78, 5) is 14.6. The number of rotatable bonds is 4. The predicted molar refractivity (Wildman–Crippen MR) is 94.5 cm³/mol. The Morgan fingerprint density at radius 3 is 2.50 bits per heavy atom. The summed E-state index contributed by atoms with van der Waals surface area (Å²) in [6.07, 6.45) is 0.460. The fraction of sp³-hybridized carbons (Fsp3) is 0.353. The van der Waals surface area contributed by atoms with E-state index in [0.717, 1.165) is 5.56 Å². The van der Waals surface area contributed by atoms with Gasteiger partial charge in [-0.1, -0.05) is 17.7 Å². The van der Waals surface area contributed by atoms with Gasteiger partial charge < -0.3 is 9.32 Å². The Morgan fingerprint density at radius 2 is 1.96 bits per heavy atom. The van der Waals surface area contributed by atoms with Crippen molar-refractivity contribution in [1.82, 2.24) is 4.90 Å². The van der Waals surface area contributed by atoms with Crippen LogP contribution in [-0.4, -0.2) is 36.8 Å². The Bertz CT molecular complexity index is 842. The van der Waals surface area contributed by atoms with E-state index < -0.39 is 9.84 Å². The SMILES string of the molecule is Cc1ccc(C(=O)N(Cc2ccc(Br)o2)[C@H]2CCS(=O)(=O)C2)cc1. The van der Waals surface area contributed by atoms with Crippen LogP contribution in [0.2, 0.25) is 0 Å². The molecule has 0 N–H and O–H groups in total. The van der Waals surface area contributed by atoms with Crippen molar-refractivity contribution in [3.63, 3.8) is 0 Å². The average molecular weight is 412 g/mol. The van der Waals surface area contributed by atoms with E-state index in [9.17, 15) is 13.2 Å². The minimum absolute atomic E-state index is 0.00643. The van der Waals surface area contributed by atoms with E-state index >= 15 is 0 Å². The first-order chi connectivity index (χ1) is 11.3. The summed E-state index contributed by atoms with van der Waals surface area (Å²) < 4.78 is 29.8. The van der Waals surface area contributed by atoms with Gasteiger partial charge in [-0.3, -0.25) is 4.79 Å². The standard InChI is InChI=1S/C17H18BrNO4S/c1-12-2-4-13(5-3-12)17(20)19(10-15-6-7-16(18)23-15)14-8-9-24(21,22)11-14/h2-7,14H,8-11H2,1H3/t14-/m0/s1. The van der Waals surface area contributed by atoms with E-state index in [1.807, 2.05) is 19.1 Å². The lowest BCUT2D eigenvalue weighted by atomic mass is 10.1. The number of aryl methyl sites for hydroxylation is 1. The van der Waals surface area contributed by atoms with E-state index in [1.165, 1.54) is 0 Å². The topological polar surface area (TPSA) is 67.6 Å². The van der Waals surface area contributed by atoms with Crippen LogP contribution in [0.4, 0.5) is 0 Å². The summed E-state index contributed by atoms with van der Waals surface area (Å²) in [5.41, 5.74) is 1.62. The predicted octanol–water partition coefficient (Wildman–Crippen LogP) is 3.18. The zero-order chi connectivity index (χ0) is 17.3. The van der Waals surface area contributed by atoms with Crippen molar-refractivity contribution in [3.05, 3.63) is 58.0 Å². The summed E-state index contributed by atoms with van der Waals surface area (Å²) in [5.74, 6) is 0.570. The van der Waals surface area contributed by atoms with E-state index in [2.05, 4.69) is 15.9 Å². The van der Waals surface area contributed by atoms with Crippen LogP contribution in [0.1, 0.15) is 28.1 Å². The van der Waals surface area contributed by atoms with E-state index in [0.29, 0.717) is 22.4 Å². The molecule has 2 heterocycles. The molecule has 1 amide bonds. The number of furan rings is 1. The van der Waals surface area contributed by atoms with Crippen LogP contribution in [0.5, 0.6) is 0 Å². The van der Waals surface area contributed by atoms with E-state index in [4.69, 9.17) is 4.42 Å². The molecule has 0 aliphatic carbocycles. The molecule has 5 nitrogen and oxygen atoms in total. The molecule has 1 fully saturated rings. The van der Waals surface area contributed by atoms with Gasteiger partial charge in [-0.2, -0.15) is 0 Å². The lowest BCUT2D eigenvalue weighted by molar-refractivity contribution is 0.0665. The normalized spacial score (nSPS) is 19.3. The summed E-state index contributed by atoms with van der Waals surface area (Å²) in [6.45, 7) is 2.20. The average Bonchev–Trinajstić information content (AvgIpc) is 3.10. The minimum atomic E-state index is -3.08. The van der Waals surface area contributed by atoms with Gasteiger partial charge in [0.05, 0.1) is 18.1 Å². The maximum atomic E-state index is 12.9. The summed E-state index contributed by atoms with van der Waals surface area (Å²) in [5, 5.41) is 0. The molecule has 0 saturated carbocycles. The van der Waals surface area contributed by atoms with Gasteiger partial charge in [0.15, 0.2) is 14.5 Å². The number of sulfone groups is 1. The quantitative estimate of drug-likeness (QED) is 0.774. The molecule has 1 aromatic carbocycles. The fourth-order valence-corrected chi connectivity index (χ4v) is 4.93. The van der Waals surface area contributed by atoms with Crippen LogP contribution in [0.3, 0.4) is 0 Å². The van der Waals surface area contributed by atoms with Gasteiger partial charge in [-0.05, 0) is 53.5 Å². The molecule has 128 valence electrons. The molecular weight excluding hydrogens is 394 g/mol. The second-order valence-corrected chi connectivity index (χ2v) is 9.07. The molecule has 0 radical (unpaired) electrons. The lowest BCUT2D eigenvalue weighted by Crippen LogP contribution is -2.40. The maximum Gasteiger partial charge on any atom is 0.254 e. The van der Waals surface area contributed by atoms with E-state index in [-0.39, 0.29) is 30.0 Å². The monoisotopic (exact) mass is 411 g/mol. The number of amides is 1. The Labute approximate surface area is 149 Å². The van der Waals surface area contributed by atoms with Crippen LogP contribution in [0, 0.1) is 6.92 Å². The third-order valence-electron chi connectivity index (χ3n) is 4.16. The molecule has 0 bridgehead atoms. The van der Waals surface area contributed by atoms with Gasteiger partial charge in [0.25, 0.3) is 5.91 Å². The second-order valence-electron chi connectivity index (χ2n) is 6.06. The largest absolute Gasteiger partial charge is 0.452 e. The molecule has 1 aromatic heterocycles. The number of nitrogens with zero attached hydrogens (tertiary/aromatic N) is 1. The van der Waals surface area contributed by atoms with Gasteiger partial charge in [0.2, 0.25) is 0 Å². The Hall–Kier alpha value is -1.60. The molecule has 1 atom stereocenters. The molecule has 0 spiro atoms. The summed E-state index contributed by atoms with van der Waals surface area (Å²) in [6, 6.07) is 10.5. The molecular formula is C17H18BrNO4S. The first-order valence-corrected chi connectivity index (χ1v) is 10.3.